The smallest absolute Gasteiger partial charge is 0.263 e. The van der Waals surface area contributed by atoms with Crippen molar-refractivity contribution in [1.82, 2.24) is 10.2 Å². The number of sulfonamides is 1. The summed E-state index contributed by atoms with van der Waals surface area (Å²) in [5.74, 6) is 0.625. The lowest BCUT2D eigenvalue weighted by molar-refractivity contribution is 0.601. The van der Waals surface area contributed by atoms with Gasteiger partial charge in [-0.25, -0.2) is 8.42 Å². The molecule has 3 aromatic rings. The van der Waals surface area contributed by atoms with Gasteiger partial charge in [0.2, 0.25) is 0 Å². The van der Waals surface area contributed by atoms with Crippen molar-refractivity contribution in [3.05, 3.63) is 71.8 Å². The molecular weight excluding hydrogens is 348 g/mol. The summed E-state index contributed by atoms with van der Waals surface area (Å²) < 4.78 is 26.8. The number of benzene rings is 2. The van der Waals surface area contributed by atoms with Crippen molar-refractivity contribution in [3.63, 3.8) is 0 Å². The first kappa shape index (κ1) is 16.2. The molecule has 24 heavy (non-hydrogen) atoms. The predicted molar refractivity (Wildman–Crippen MR) is 94.0 cm³/mol. The molecule has 1 heterocycles. The second-order valence-electron chi connectivity index (χ2n) is 4.85. The molecule has 0 atom stereocenters. The van der Waals surface area contributed by atoms with Crippen molar-refractivity contribution in [2.24, 2.45) is 0 Å². The molecule has 0 amide bonds. The first-order valence-electron chi connectivity index (χ1n) is 6.97. The van der Waals surface area contributed by atoms with Gasteiger partial charge >= 0.3 is 0 Å². The first-order valence-corrected chi connectivity index (χ1v) is 8.83. The molecule has 8 heteroatoms. The lowest BCUT2D eigenvalue weighted by Crippen LogP contribution is -2.14. The Morgan fingerprint density at radius 2 is 1.42 bits per heavy atom. The van der Waals surface area contributed by atoms with Gasteiger partial charge in [-0.3, -0.25) is 4.72 Å². The van der Waals surface area contributed by atoms with E-state index in [0.29, 0.717) is 10.8 Å². The van der Waals surface area contributed by atoms with Crippen LogP contribution in [0.4, 0.5) is 17.3 Å². The number of hydrogen-bond donors (Lipinski definition) is 2. The monoisotopic (exact) mass is 360 g/mol. The van der Waals surface area contributed by atoms with Crippen LogP contribution in [0.3, 0.4) is 0 Å². The molecule has 0 fully saturated rings. The third kappa shape index (κ3) is 4.01. The van der Waals surface area contributed by atoms with Gasteiger partial charge in [0.05, 0.1) is 4.90 Å². The SMILES string of the molecule is O=S(=O)(Nc1ccc(Nc2ccc(Cl)cc2)nn1)c1ccccc1. The minimum atomic E-state index is -3.68. The van der Waals surface area contributed by atoms with Gasteiger partial charge in [0.1, 0.15) is 0 Å². The maximum atomic E-state index is 12.2. The molecule has 2 aromatic carbocycles. The van der Waals surface area contributed by atoms with E-state index in [1.165, 1.54) is 18.2 Å². The molecule has 0 radical (unpaired) electrons. The summed E-state index contributed by atoms with van der Waals surface area (Å²) in [6.45, 7) is 0. The normalized spacial score (nSPS) is 11.0. The van der Waals surface area contributed by atoms with Gasteiger partial charge in [-0.05, 0) is 48.5 Å². The second-order valence-corrected chi connectivity index (χ2v) is 6.97. The molecule has 1 aromatic heterocycles. The van der Waals surface area contributed by atoms with Gasteiger partial charge in [0.15, 0.2) is 11.6 Å². The van der Waals surface area contributed by atoms with E-state index in [4.69, 9.17) is 11.6 Å². The lowest BCUT2D eigenvalue weighted by Gasteiger charge is -2.08. The van der Waals surface area contributed by atoms with E-state index in [9.17, 15) is 8.42 Å². The summed E-state index contributed by atoms with van der Waals surface area (Å²) >= 11 is 5.83. The minimum Gasteiger partial charge on any atom is -0.339 e. The van der Waals surface area contributed by atoms with Crippen LogP contribution in [0.1, 0.15) is 0 Å². The molecule has 0 bridgehead atoms. The Hall–Kier alpha value is -2.64. The highest BCUT2D eigenvalue weighted by molar-refractivity contribution is 7.92. The highest BCUT2D eigenvalue weighted by Crippen LogP contribution is 2.18. The largest absolute Gasteiger partial charge is 0.339 e. The maximum absolute atomic E-state index is 12.2. The zero-order valence-electron chi connectivity index (χ0n) is 12.3. The number of halogens is 1. The molecule has 0 spiro atoms. The molecule has 122 valence electrons. The van der Waals surface area contributed by atoms with Crippen LogP contribution in [-0.2, 0) is 10.0 Å². The van der Waals surface area contributed by atoms with Gasteiger partial charge in [-0.2, -0.15) is 0 Å². The minimum absolute atomic E-state index is 0.139. The fourth-order valence-electron chi connectivity index (χ4n) is 1.93. The first-order chi connectivity index (χ1) is 11.5. The molecule has 6 nitrogen and oxygen atoms in total. The van der Waals surface area contributed by atoms with E-state index < -0.39 is 10.0 Å². The fourth-order valence-corrected chi connectivity index (χ4v) is 3.07. The average molecular weight is 361 g/mol. The van der Waals surface area contributed by atoms with E-state index in [0.717, 1.165) is 5.69 Å². The molecule has 0 saturated carbocycles. The van der Waals surface area contributed by atoms with Gasteiger partial charge in [-0.15, -0.1) is 10.2 Å². The third-order valence-corrected chi connectivity index (χ3v) is 4.70. The molecule has 0 unspecified atom stereocenters. The Labute approximate surface area is 144 Å². The second kappa shape index (κ2) is 6.86. The van der Waals surface area contributed by atoms with Crippen LogP contribution in [0.15, 0.2) is 71.6 Å². The van der Waals surface area contributed by atoms with Crippen LogP contribution in [0.25, 0.3) is 0 Å². The van der Waals surface area contributed by atoms with Crippen LogP contribution in [0.5, 0.6) is 0 Å². The van der Waals surface area contributed by atoms with Crippen molar-refractivity contribution in [2.75, 3.05) is 10.0 Å². The summed E-state index contributed by atoms with van der Waals surface area (Å²) in [6, 6.07) is 18.3. The fraction of sp³-hybridized carbons (Fsp3) is 0. The van der Waals surface area contributed by atoms with E-state index in [-0.39, 0.29) is 10.7 Å². The molecule has 0 aliphatic carbocycles. The number of nitrogens with zero attached hydrogens (tertiary/aromatic N) is 2. The summed E-state index contributed by atoms with van der Waals surface area (Å²) in [7, 11) is -3.68. The summed E-state index contributed by atoms with van der Waals surface area (Å²) in [6.07, 6.45) is 0. The molecule has 3 rings (SSSR count). The van der Waals surface area contributed by atoms with E-state index in [2.05, 4.69) is 20.2 Å². The van der Waals surface area contributed by atoms with Crippen LogP contribution in [0.2, 0.25) is 5.02 Å². The van der Waals surface area contributed by atoms with Crippen LogP contribution >= 0.6 is 11.6 Å². The van der Waals surface area contributed by atoms with E-state index >= 15 is 0 Å². The molecule has 0 aliphatic heterocycles. The van der Waals surface area contributed by atoms with Crippen molar-refractivity contribution in [2.45, 2.75) is 4.90 Å². The average Bonchev–Trinajstić information content (AvgIpc) is 2.59. The van der Waals surface area contributed by atoms with Crippen molar-refractivity contribution < 1.29 is 8.42 Å². The standard InChI is InChI=1S/C16H13ClN4O2S/c17-12-6-8-13(9-7-12)18-15-10-11-16(20-19-15)21-24(22,23)14-4-2-1-3-5-14/h1-11H,(H,18,19)(H,20,21). The third-order valence-electron chi connectivity index (χ3n) is 3.07. The van der Waals surface area contributed by atoms with Crippen LogP contribution < -0.4 is 10.0 Å². The van der Waals surface area contributed by atoms with E-state index in [1.54, 1.807) is 48.5 Å². The van der Waals surface area contributed by atoms with Crippen molar-refractivity contribution in [1.29, 1.82) is 0 Å². The quantitative estimate of drug-likeness (QED) is 0.725. The highest BCUT2D eigenvalue weighted by atomic mass is 35.5. The van der Waals surface area contributed by atoms with Crippen LogP contribution in [0, 0.1) is 0 Å². The lowest BCUT2D eigenvalue weighted by atomic mass is 10.3. The Morgan fingerprint density at radius 1 is 0.792 bits per heavy atom. The number of hydrogen-bond acceptors (Lipinski definition) is 5. The van der Waals surface area contributed by atoms with Gasteiger partial charge in [-0.1, -0.05) is 29.8 Å². The Bertz CT molecular complexity index is 915. The Morgan fingerprint density at radius 3 is 2.04 bits per heavy atom. The molecule has 0 aliphatic rings. The maximum Gasteiger partial charge on any atom is 0.263 e. The predicted octanol–water partition coefficient (Wildman–Crippen LogP) is 3.67. The zero-order valence-corrected chi connectivity index (χ0v) is 13.9. The van der Waals surface area contributed by atoms with Gasteiger partial charge < -0.3 is 5.32 Å². The number of aromatic nitrogens is 2. The van der Waals surface area contributed by atoms with Crippen LogP contribution in [-0.4, -0.2) is 18.6 Å². The molecule has 0 saturated heterocycles. The Balaban J connectivity index is 1.72. The number of nitrogens with one attached hydrogen (secondary N) is 2. The number of rotatable bonds is 5. The van der Waals surface area contributed by atoms with E-state index in [1.807, 2.05) is 0 Å². The number of anilines is 3. The topological polar surface area (TPSA) is 84.0 Å². The summed E-state index contributed by atoms with van der Waals surface area (Å²) in [5, 5.41) is 11.5. The van der Waals surface area contributed by atoms with Crippen molar-refractivity contribution in [3.8, 4) is 0 Å². The van der Waals surface area contributed by atoms with Gasteiger partial charge in [0, 0.05) is 10.7 Å². The molecular formula is C16H13ClN4O2S. The molecule has 2 N–H and O–H groups in total. The zero-order chi connectivity index (χ0) is 17.0. The summed E-state index contributed by atoms with van der Waals surface area (Å²) in [5.41, 5.74) is 0.798. The van der Waals surface area contributed by atoms with Crippen molar-refractivity contribution >= 4 is 38.9 Å². The highest BCUT2D eigenvalue weighted by Gasteiger charge is 2.14. The van der Waals surface area contributed by atoms with Gasteiger partial charge in [0.25, 0.3) is 10.0 Å². The Kier molecular flexibility index (Phi) is 4.64. The summed E-state index contributed by atoms with van der Waals surface area (Å²) in [4.78, 5) is 0.162.